The van der Waals surface area contributed by atoms with Crippen LogP contribution in [0.2, 0.25) is 0 Å². The first-order valence-electron chi connectivity index (χ1n) is 10.9. The summed E-state index contributed by atoms with van der Waals surface area (Å²) in [5.74, 6) is 0.892. The summed E-state index contributed by atoms with van der Waals surface area (Å²) in [7, 11) is 2.12. The summed E-state index contributed by atoms with van der Waals surface area (Å²) in [6.45, 7) is 7.28. The standard InChI is InChI=1S/C23H33N3O2/c1-3-21(27)25-10-8-23(9-11-25)17-18(19-6-4-5-7-20(19)23)16-22(28)26-14-12-24(2)13-15-26/h4-7,18H,3,8-17H2,1-2H3/t18-/m0/s1. The summed E-state index contributed by atoms with van der Waals surface area (Å²) >= 11 is 0. The Morgan fingerprint density at radius 3 is 2.29 bits per heavy atom. The molecule has 0 saturated carbocycles. The summed E-state index contributed by atoms with van der Waals surface area (Å²) in [6, 6.07) is 8.75. The minimum Gasteiger partial charge on any atom is -0.343 e. The zero-order valence-electron chi connectivity index (χ0n) is 17.3. The topological polar surface area (TPSA) is 43.9 Å². The molecule has 0 N–H and O–H groups in total. The first-order chi connectivity index (χ1) is 13.5. The average Bonchev–Trinajstić information content (AvgIpc) is 3.02. The van der Waals surface area contributed by atoms with E-state index in [0.29, 0.717) is 24.7 Å². The molecule has 2 aliphatic heterocycles. The van der Waals surface area contributed by atoms with Crippen LogP contribution in [0.5, 0.6) is 0 Å². The van der Waals surface area contributed by atoms with Crippen molar-refractivity contribution in [3.8, 4) is 0 Å². The number of fused-ring (bicyclic) bond motifs is 2. The van der Waals surface area contributed by atoms with Crippen LogP contribution in [0.4, 0.5) is 0 Å². The van der Waals surface area contributed by atoms with Crippen molar-refractivity contribution in [1.29, 1.82) is 0 Å². The molecule has 28 heavy (non-hydrogen) atoms. The number of amides is 2. The highest BCUT2D eigenvalue weighted by Crippen LogP contribution is 2.52. The number of carbonyl (C=O) groups excluding carboxylic acids is 2. The molecule has 1 aromatic rings. The van der Waals surface area contributed by atoms with E-state index in [1.54, 1.807) is 0 Å². The normalized spacial score (nSPS) is 24.4. The van der Waals surface area contributed by atoms with Crippen molar-refractivity contribution in [2.45, 2.75) is 50.4 Å². The summed E-state index contributed by atoms with van der Waals surface area (Å²) in [6.07, 6.45) is 4.32. The highest BCUT2D eigenvalue weighted by Gasteiger charge is 2.46. The zero-order valence-corrected chi connectivity index (χ0v) is 17.3. The summed E-state index contributed by atoms with van der Waals surface area (Å²) in [5.41, 5.74) is 2.96. The summed E-state index contributed by atoms with van der Waals surface area (Å²) in [5, 5.41) is 0. The number of piperazine rings is 1. The lowest BCUT2D eigenvalue weighted by Crippen LogP contribution is -2.47. The Bertz CT molecular complexity index is 731. The van der Waals surface area contributed by atoms with E-state index in [-0.39, 0.29) is 11.3 Å². The van der Waals surface area contributed by atoms with E-state index in [1.165, 1.54) is 11.1 Å². The van der Waals surface area contributed by atoms with Crippen LogP contribution < -0.4 is 0 Å². The largest absolute Gasteiger partial charge is 0.343 e. The smallest absolute Gasteiger partial charge is 0.223 e. The van der Waals surface area contributed by atoms with Gasteiger partial charge < -0.3 is 14.7 Å². The zero-order chi connectivity index (χ0) is 19.7. The van der Waals surface area contributed by atoms with Gasteiger partial charge in [-0.15, -0.1) is 0 Å². The minimum atomic E-state index is 0.147. The molecular formula is C23H33N3O2. The van der Waals surface area contributed by atoms with Gasteiger partial charge in [-0.3, -0.25) is 9.59 Å². The van der Waals surface area contributed by atoms with Gasteiger partial charge in [0, 0.05) is 52.1 Å². The first-order valence-corrected chi connectivity index (χ1v) is 10.9. The molecule has 0 radical (unpaired) electrons. The van der Waals surface area contributed by atoms with E-state index in [9.17, 15) is 9.59 Å². The van der Waals surface area contributed by atoms with Crippen LogP contribution in [0.3, 0.4) is 0 Å². The van der Waals surface area contributed by atoms with Crippen LogP contribution in [0.1, 0.15) is 56.1 Å². The number of piperidine rings is 1. The molecule has 1 aromatic carbocycles. The lowest BCUT2D eigenvalue weighted by Gasteiger charge is -2.40. The van der Waals surface area contributed by atoms with E-state index in [0.717, 1.165) is 58.5 Å². The Morgan fingerprint density at radius 1 is 0.964 bits per heavy atom. The fourth-order valence-electron chi connectivity index (χ4n) is 5.49. The van der Waals surface area contributed by atoms with Crippen molar-refractivity contribution in [2.24, 2.45) is 0 Å². The lowest BCUT2D eigenvalue weighted by atomic mass is 9.73. The number of likely N-dealkylation sites (N-methyl/N-ethyl adjacent to an activating group) is 1. The van der Waals surface area contributed by atoms with Gasteiger partial charge in [0.1, 0.15) is 0 Å². The van der Waals surface area contributed by atoms with Crippen molar-refractivity contribution in [1.82, 2.24) is 14.7 Å². The van der Waals surface area contributed by atoms with Crippen LogP contribution in [-0.2, 0) is 15.0 Å². The first kappa shape index (κ1) is 19.4. The van der Waals surface area contributed by atoms with Crippen LogP contribution in [0.25, 0.3) is 0 Å². The Kier molecular flexibility index (Phi) is 5.46. The van der Waals surface area contributed by atoms with Gasteiger partial charge in [-0.2, -0.15) is 0 Å². The highest BCUT2D eigenvalue weighted by atomic mass is 16.2. The van der Waals surface area contributed by atoms with Crippen molar-refractivity contribution in [3.63, 3.8) is 0 Å². The SMILES string of the molecule is CCC(=O)N1CCC2(CC1)C[C@H](CC(=O)N1CCN(C)CC1)c1ccccc12. The van der Waals surface area contributed by atoms with Gasteiger partial charge in [-0.05, 0) is 48.8 Å². The Hall–Kier alpha value is -1.88. The lowest BCUT2D eigenvalue weighted by molar-refractivity contribution is -0.133. The van der Waals surface area contributed by atoms with Crippen molar-refractivity contribution in [3.05, 3.63) is 35.4 Å². The molecule has 2 fully saturated rings. The van der Waals surface area contributed by atoms with Crippen LogP contribution in [0, 0.1) is 0 Å². The van der Waals surface area contributed by atoms with Gasteiger partial charge in [-0.1, -0.05) is 31.2 Å². The molecule has 0 aromatic heterocycles. The molecule has 5 heteroatoms. The predicted molar refractivity (Wildman–Crippen MR) is 110 cm³/mol. The highest BCUT2D eigenvalue weighted by molar-refractivity contribution is 5.78. The van der Waals surface area contributed by atoms with Gasteiger partial charge in [-0.25, -0.2) is 0 Å². The third-order valence-corrected chi connectivity index (χ3v) is 7.26. The number of likely N-dealkylation sites (tertiary alicyclic amines) is 1. The second-order valence-corrected chi connectivity index (χ2v) is 8.89. The molecule has 152 valence electrons. The fraction of sp³-hybridized carbons (Fsp3) is 0.652. The molecule has 2 heterocycles. The predicted octanol–water partition coefficient (Wildman–Crippen LogP) is 2.61. The summed E-state index contributed by atoms with van der Waals surface area (Å²) < 4.78 is 0. The number of rotatable bonds is 3. The molecule has 4 rings (SSSR count). The Labute approximate surface area is 168 Å². The Morgan fingerprint density at radius 2 is 1.61 bits per heavy atom. The molecule has 2 saturated heterocycles. The Balaban J connectivity index is 1.48. The molecule has 5 nitrogen and oxygen atoms in total. The molecule has 1 aliphatic carbocycles. The van der Waals surface area contributed by atoms with Gasteiger partial charge >= 0.3 is 0 Å². The molecule has 1 atom stereocenters. The number of nitrogens with zero attached hydrogens (tertiary/aromatic N) is 3. The van der Waals surface area contributed by atoms with Crippen LogP contribution in [-0.4, -0.2) is 72.8 Å². The summed E-state index contributed by atoms with van der Waals surface area (Å²) in [4.78, 5) is 31.4. The number of hydrogen-bond donors (Lipinski definition) is 0. The maximum Gasteiger partial charge on any atom is 0.223 e. The van der Waals surface area contributed by atoms with E-state index in [1.807, 2.05) is 11.8 Å². The van der Waals surface area contributed by atoms with Crippen LogP contribution in [0.15, 0.2) is 24.3 Å². The van der Waals surface area contributed by atoms with Gasteiger partial charge in [0.05, 0.1) is 0 Å². The maximum atomic E-state index is 13.0. The molecule has 1 spiro atoms. The van der Waals surface area contributed by atoms with E-state index < -0.39 is 0 Å². The van der Waals surface area contributed by atoms with E-state index in [4.69, 9.17) is 0 Å². The maximum absolute atomic E-state index is 13.0. The molecular weight excluding hydrogens is 350 g/mol. The van der Waals surface area contributed by atoms with Crippen molar-refractivity contribution in [2.75, 3.05) is 46.3 Å². The second kappa shape index (κ2) is 7.86. The number of benzene rings is 1. The van der Waals surface area contributed by atoms with Crippen molar-refractivity contribution < 1.29 is 9.59 Å². The van der Waals surface area contributed by atoms with Gasteiger partial charge in [0.25, 0.3) is 0 Å². The fourth-order valence-corrected chi connectivity index (χ4v) is 5.49. The third-order valence-electron chi connectivity index (χ3n) is 7.26. The number of hydrogen-bond acceptors (Lipinski definition) is 3. The average molecular weight is 384 g/mol. The second-order valence-electron chi connectivity index (χ2n) is 8.89. The number of carbonyl (C=O) groups is 2. The van der Waals surface area contributed by atoms with Gasteiger partial charge in [0.2, 0.25) is 11.8 Å². The van der Waals surface area contributed by atoms with Crippen LogP contribution >= 0.6 is 0 Å². The molecule has 0 bridgehead atoms. The third kappa shape index (κ3) is 3.57. The monoisotopic (exact) mass is 383 g/mol. The molecule has 3 aliphatic rings. The molecule has 0 unspecified atom stereocenters. The van der Waals surface area contributed by atoms with Gasteiger partial charge in [0.15, 0.2) is 0 Å². The van der Waals surface area contributed by atoms with E-state index in [2.05, 4.69) is 41.1 Å². The quantitative estimate of drug-likeness (QED) is 0.806. The minimum absolute atomic E-state index is 0.147. The molecule has 2 amide bonds. The van der Waals surface area contributed by atoms with E-state index >= 15 is 0 Å². The van der Waals surface area contributed by atoms with Crippen molar-refractivity contribution >= 4 is 11.8 Å².